The van der Waals surface area contributed by atoms with Crippen molar-refractivity contribution >= 4 is 29.2 Å². The van der Waals surface area contributed by atoms with Gasteiger partial charge in [-0.15, -0.1) is 0 Å². The van der Waals surface area contributed by atoms with Crippen LogP contribution in [0.15, 0.2) is 42.5 Å². The summed E-state index contributed by atoms with van der Waals surface area (Å²) in [5.41, 5.74) is 1.69. The van der Waals surface area contributed by atoms with Gasteiger partial charge in [0.25, 0.3) is 5.91 Å². The van der Waals surface area contributed by atoms with E-state index in [2.05, 4.69) is 5.32 Å². The number of ether oxygens (including phenoxy) is 1. The van der Waals surface area contributed by atoms with Crippen molar-refractivity contribution in [3.63, 3.8) is 0 Å². The molecule has 7 nitrogen and oxygen atoms in total. The lowest BCUT2D eigenvalue weighted by Crippen LogP contribution is -2.35. The maximum absolute atomic E-state index is 12.8. The minimum atomic E-state index is -1.11. The number of carbonyl (C=O) groups excluding carboxylic acids is 2. The van der Waals surface area contributed by atoms with E-state index in [-0.39, 0.29) is 17.9 Å². The van der Waals surface area contributed by atoms with E-state index >= 15 is 0 Å². The number of hydrogen-bond acceptors (Lipinski definition) is 5. The molecule has 2 aromatic rings. The molecule has 27 heavy (non-hydrogen) atoms. The van der Waals surface area contributed by atoms with Crippen molar-refractivity contribution in [1.29, 1.82) is 0 Å². The summed E-state index contributed by atoms with van der Waals surface area (Å²) in [6.07, 6.45) is 0.00276. The van der Waals surface area contributed by atoms with Gasteiger partial charge in [-0.1, -0.05) is 6.07 Å². The minimum absolute atomic E-state index is 0.00276. The van der Waals surface area contributed by atoms with Crippen molar-refractivity contribution in [3.8, 4) is 5.75 Å². The summed E-state index contributed by atoms with van der Waals surface area (Å²) in [6, 6.07) is 10.8. The highest BCUT2D eigenvalue weighted by Gasteiger charge is 2.40. The lowest BCUT2D eigenvalue weighted by atomic mass is 10.1. The highest BCUT2D eigenvalue weighted by atomic mass is 16.5. The van der Waals surface area contributed by atoms with Gasteiger partial charge in [0, 0.05) is 5.69 Å². The first-order chi connectivity index (χ1) is 12.9. The Morgan fingerprint density at radius 2 is 1.93 bits per heavy atom. The van der Waals surface area contributed by atoms with Gasteiger partial charge in [0.2, 0.25) is 5.91 Å². The average Bonchev–Trinajstić information content (AvgIpc) is 2.91. The number of imide groups is 1. The second-order valence-corrected chi connectivity index (χ2v) is 6.23. The van der Waals surface area contributed by atoms with Gasteiger partial charge in [-0.2, -0.15) is 0 Å². The number of carboxylic acids is 1. The predicted octanol–water partition coefficient (Wildman–Crippen LogP) is 2.84. The Balaban J connectivity index is 1.81. The highest BCUT2D eigenvalue weighted by molar-refractivity contribution is 6.23. The van der Waals surface area contributed by atoms with Crippen LogP contribution in [0, 0.1) is 6.92 Å². The summed E-state index contributed by atoms with van der Waals surface area (Å²) in [6.45, 7) is 4.19. The average molecular weight is 368 g/mol. The summed E-state index contributed by atoms with van der Waals surface area (Å²) in [7, 11) is 0. The van der Waals surface area contributed by atoms with Crippen LogP contribution >= 0.6 is 0 Å². The number of carboxylic acid groups (broad SMARTS) is 1. The van der Waals surface area contributed by atoms with Gasteiger partial charge in [-0.05, 0) is 55.8 Å². The quantitative estimate of drug-likeness (QED) is 0.761. The third-order valence-electron chi connectivity index (χ3n) is 4.35. The van der Waals surface area contributed by atoms with Crippen LogP contribution in [0.5, 0.6) is 5.75 Å². The van der Waals surface area contributed by atoms with Gasteiger partial charge in [0.15, 0.2) is 0 Å². The van der Waals surface area contributed by atoms with Crippen molar-refractivity contribution in [2.75, 3.05) is 16.8 Å². The minimum Gasteiger partial charge on any atom is -0.494 e. The summed E-state index contributed by atoms with van der Waals surface area (Å²) in [4.78, 5) is 37.5. The zero-order valence-corrected chi connectivity index (χ0v) is 15.1. The van der Waals surface area contributed by atoms with Crippen LogP contribution < -0.4 is 15.0 Å². The van der Waals surface area contributed by atoms with Crippen LogP contribution in [-0.2, 0) is 9.59 Å². The number of nitrogens with zero attached hydrogens (tertiary/aromatic N) is 1. The SMILES string of the molecule is CCOc1ccc(NC2CC(=O)N(c3cc(C(=O)O)ccc3C)C2=O)cc1. The molecule has 140 valence electrons. The van der Waals surface area contributed by atoms with E-state index in [1.165, 1.54) is 12.1 Å². The van der Waals surface area contributed by atoms with Crippen molar-refractivity contribution in [1.82, 2.24) is 0 Å². The molecule has 3 rings (SSSR count). The van der Waals surface area contributed by atoms with Crippen LogP contribution in [0.2, 0.25) is 0 Å². The number of aryl methyl sites for hydroxylation is 1. The number of amides is 2. The monoisotopic (exact) mass is 368 g/mol. The van der Waals surface area contributed by atoms with Gasteiger partial charge < -0.3 is 15.2 Å². The third kappa shape index (κ3) is 3.76. The Labute approximate surface area is 156 Å². The first-order valence-corrected chi connectivity index (χ1v) is 8.61. The van der Waals surface area contributed by atoms with E-state index in [0.717, 1.165) is 10.6 Å². The topological polar surface area (TPSA) is 95.9 Å². The van der Waals surface area contributed by atoms with Gasteiger partial charge in [-0.3, -0.25) is 9.59 Å². The van der Waals surface area contributed by atoms with Gasteiger partial charge in [0.1, 0.15) is 11.8 Å². The van der Waals surface area contributed by atoms with E-state index < -0.39 is 17.9 Å². The van der Waals surface area contributed by atoms with Crippen LogP contribution in [0.4, 0.5) is 11.4 Å². The Kier molecular flexibility index (Phi) is 5.12. The fourth-order valence-electron chi connectivity index (χ4n) is 3.00. The molecule has 2 N–H and O–H groups in total. The lowest BCUT2D eigenvalue weighted by Gasteiger charge is -2.18. The third-order valence-corrected chi connectivity index (χ3v) is 4.35. The molecule has 0 radical (unpaired) electrons. The number of rotatable bonds is 6. The van der Waals surface area contributed by atoms with Crippen molar-refractivity contribution < 1.29 is 24.2 Å². The molecule has 2 aromatic carbocycles. The molecule has 1 aliphatic rings. The fraction of sp³-hybridized carbons (Fsp3) is 0.250. The molecule has 1 heterocycles. The molecule has 0 aliphatic carbocycles. The molecule has 0 aromatic heterocycles. The summed E-state index contributed by atoms with van der Waals surface area (Å²) in [5, 5.41) is 12.2. The van der Waals surface area contributed by atoms with E-state index in [1.54, 1.807) is 37.3 Å². The number of hydrogen-bond donors (Lipinski definition) is 2. The molecule has 0 spiro atoms. The van der Waals surface area contributed by atoms with Crippen molar-refractivity contribution in [2.24, 2.45) is 0 Å². The summed E-state index contributed by atoms with van der Waals surface area (Å²) in [5.74, 6) is -1.16. The second kappa shape index (κ2) is 7.49. The highest BCUT2D eigenvalue weighted by Crippen LogP contribution is 2.29. The smallest absolute Gasteiger partial charge is 0.335 e. The molecule has 0 bridgehead atoms. The Bertz CT molecular complexity index is 892. The maximum atomic E-state index is 12.8. The van der Waals surface area contributed by atoms with Gasteiger partial charge in [0.05, 0.1) is 24.3 Å². The molecule has 2 amide bonds. The first-order valence-electron chi connectivity index (χ1n) is 8.61. The van der Waals surface area contributed by atoms with Crippen molar-refractivity contribution in [3.05, 3.63) is 53.6 Å². The van der Waals surface area contributed by atoms with Gasteiger partial charge >= 0.3 is 5.97 Å². The first kappa shape index (κ1) is 18.4. The molecule has 7 heteroatoms. The molecule has 1 atom stereocenters. The van der Waals surface area contributed by atoms with E-state index in [1.807, 2.05) is 6.92 Å². The molecule has 1 saturated heterocycles. The van der Waals surface area contributed by atoms with E-state index in [9.17, 15) is 19.5 Å². The van der Waals surface area contributed by atoms with E-state index in [0.29, 0.717) is 23.5 Å². The number of aromatic carboxylic acids is 1. The van der Waals surface area contributed by atoms with Crippen molar-refractivity contribution in [2.45, 2.75) is 26.3 Å². The van der Waals surface area contributed by atoms with Crippen LogP contribution in [0.1, 0.15) is 29.3 Å². The fourth-order valence-corrected chi connectivity index (χ4v) is 3.00. The number of carbonyl (C=O) groups is 3. The zero-order valence-electron chi connectivity index (χ0n) is 15.1. The lowest BCUT2D eigenvalue weighted by molar-refractivity contribution is -0.121. The zero-order chi connectivity index (χ0) is 19.6. The molecule has 1 unspecified atom stereocenters. The standard InChI is InChI=1S/C20H20N2O5/c1-3-27-15-8-6-14(7-9-15)21-16-11-18(23)22(19(16)24)17-10-13(20(25)26)5-4-12(17)2/h4-10,16,21H,3,11H2,1-2H3,(H,25,26). The van der Waals surface area contributed by atoms with Crippen LogP contribution in [0.25, 0.3) is 0 Å². The predicted molar refractivity (Wildman–Crippen MR) is 100 cm³/mol. The molecule has 0 saturated carbocycles. The number of benzene rings is 2. The Morgan fingerprint density at radius 3 is 2.56 bits per heavy atom. The van der Waals surface area contributed by atoms with Crippen LogP contribution in [0.3, 0.4) is 0 Å². The summed E-state index contributed by atoms with van der Waals surface area (Å²) >= 11 is 0. The summed E-state index contributed by atoms with van der Waals surface area (Å²) < 4.78 is 5.38. The Hall–Kier alpha value is -3.35. The largest absolute Gasteiger partial charge is 0.494 e. The normalized spacial score (nSPS) is 16.5. The molecule has 1 fully saturated rings. The molecule has 1 aliphatic heterocycles. The molecular formula is C20H20N2O5. The second-order valence-electron chi connectivity index (χ2n) is 6.23. The molecular weight excluding hydrogens is 348 g/mol. The Morgan fingerprint density at radius 1 is 1.22 bits per heavy atom. The number of anilines is 2. The maximum Gasteiger partial charge on any atom is 0.335 e. The van der Waals surface area contributed by atoms with Gasteiger partial charge in [-0.25, -0.2) is 9.69 Å². The van der Waals surface area contributed by atoms with E-state index in [4.69, 9.17) is 4.74 Å². The number of nitrogens with one attached hydrogen (secondary N) is 1. The van der Waals surface area contributed by atoms with Crippen LogP contribution in [-0.4, -0.2) is 35.5 Å².